The first-order chi connectivity index (χ1) is 6.76. The molecule has 0 atom stereocenters. The van der Waals surface area contributed by atoms with Crippen molar-refractivity contribution in [3.8, 4) is 0 Å². The molecule has 15 heavy (non-hydrogen) atoms. The van der Waals surface area contributed by atoms with Crippen molar-refractivity contribution in [1.29, 1.82) is 0 Å². The zero-order valence-corrected chi connectivity index (χ0v) is 11.2. The van der Waals surface area contributed by atoms with Crippen molar-refractivity contribution < 1.29 is 4.48 Å². The number of nitrogens with zero attached hydrogens (tertiary/aromatic N) is 1. The molecule has 0 bridgehead atoms. The van der Waals surface area contributed by atoms with Gasteiger partial charge in [0, 0.05) is 5.56 Å². The largest absolute Gasteiger partial charge is 0.321 e. The van der Waals surface area contributed by atoms with Crippen molar-refractivity contribution in [3.63, 3.8) is 0 Å². The Morgan fingerprint density at radius 2 is 1.33 bits per heavy atom. The molecular weight excluding hydrogens is 202 g/mol. The fraction of sp³-hybridized carbons (Fsp3) is 0.538. The van der Waals surface area contributed by atoms with Gasteiger partial charge in [-0.2, -0.15) is 13.5 Å². The van der Waals surface area contributed by atoms with E-state index in [1.807, 2.05) is 0 Å². The smallest absolute Gasteiger partial charge is 0.104 e. The maximum absolute atomic E-state index is 2.29. The highest BCUT2D eigenvalue weighted by atomic mass is 32.1. The number of benzene rings is 1. The first-order valence-electron chi connectivity index (χ1n) is 5.65. The minimum atomic E-state index is 0. The molecule has 0 aliphatic rings. The zero-order chi connectivity index (χ0) is 10.4. The number of rotatable bonds is 5. The van der Waals surface area contributed by atoms with Gasteiger partial charge in [-0.05, 0) is 20.8 Å². The van der Waals surface area contributed by atoms with Crippen LogP contribution in [0.25, 0.3) is 0 Å². The lowest BCUT2D eigenvalue weighted by Gasteiger charge is -2.35. The van der Waals surface area contributed by atoms with Gasteiger partial charge in [-0.25, -0.2) is 0 Å². The van der Waals surface area contributed by atoms with Gasteiger partial charge in [0.1, 0.15) is 6.54 Å². The van der Waals surface area contributed by atoms with Crippen LogP contribution in [0, 0.1) is 0 Å². The molecule has 2 heteroatoms. The predicted molar refractivity (Wildman–Crippen MR) is 72.4 cm³/mol. The Kier molecular flexibility index (Phi) is 6.70. The molecule has 0 saturated heterocycles. The number of quaternary nitrogens is 1. The van der Waals surface area contributed by atoms with Gasteiger partial charge in [-0.3, -0.25) is 0 Å². The molecule has 0 spiro atoms. The Hall–Kier alpha value is -0.470. The molecule has 0 amide bonds. The van der Waals surface area contributed by atoms with Gasteiger partial charge in [0.2, 0.25) is 0 Å². The Bertz CT molecular complexity index is 246. The topological polar surface area (TPSA) is 0 Å². The lowest BCUT2D eigenvalue weighted by molar-refractivity contribution is -0.936. The highest BCUT2D eigenvalue weighted by Crippen LogP contribution is 2.13. The van der Waals surface area contributed by atoms with Crippen molar-refractivity contribution in [2.24, 2.45) is 0 Å². The summed E-state index contributed by atoms with van der Waals surface area (Å²) in [6.45, 7) is 11.7. The molecule has 1 nitrogen and oxygen atoms in total. The summed E-state index contributed by atoms with van der Waals surface area (Å²) in [5.74, 6) is 0. The van der Waals surface area contributed by atoms with Crippen LogP contribution in [0.15, 0.2) is 30.3 Å². The zero-order valence-electron chi connectivity index (χ0n) is 10.2. The van der Waals surface area contributed by atoms with Gasteiger partial charge >= 0.3 is 0 Å². The second-order valence-electron chi connectivity index (χ2n) is 3.93. The van der Waals surface area contributed by atoms with E-state index in [0.29, 0.717) is 0 Å². The van der Waals surface area contributed by atoms with E-state index in [-0.39, 0.29) is 13.5 Å². The SMILES string of the molecule is CC[N+](CC)(CC)Cc1ccccc1.S. The van der Waals surface area contributed by atoms with E-state index in [1.165, 1.54) is 36.2 Å². The van der Waals surface area contributed by atoms with Gasteiger partial charge in [0.15, 0.2) is 0 Å². The first-order valence-corrected chi connectivity index (χ1v) is 5.65. The standard InChI is InChI=1S/C13H22N.H2S/c1-4-14(5-2,6-3)12-13-10-8-7-9-11-13;/h7-11H,4-6,12H2,1-3H3;1H2/q+1;. The molecule has 1 rings (SSSR count). The lowest BCUT2D eigenvalue weighted by Crippen LogP contribution is -2.46. The summed E-state index contributed by atoms with van der Waals surface area (Å²) < 4.78 is 1.20. The molecule has 0 aliphatic carbocycles. The Morgan fingerprint density at radius 1 is 0.867 bits per heavy atom. The van der Waals surface area contributed by atoms with Crippen molar-refractivity contribution in [1.82, 2.24) is 0 Å². The number of hydrogen-bond donors (Lipinski definition) is 0. The van der Waals surface area contributed by atoms with Gasteiger partial charge in [0.25, 0.3) is 0 Å². The summed E-state index contributed by atoms with van der Waals surface area (Å²) in [4.78, 5) is 0. The maximum atomic E-state index is 2.29. The van der Waals surface area contributed by atoms with E-state index < -0.39 is 0 Å². The molecule has 0 radical (unpaired) electrons. The summed E-state index contributed by atoms with van der Waals surface area (Å²) >= 11 is 0. The molecule has 0 fully saturated rings. The predicted octanol–water partition coefficient (Wildman–Crippen LogP) is 3.18. The van der Waals surface area contributed by atoms with Crippen molar-refractivity contribution in [3.05, 3.63) is 35.9 Å². The molecule has 0 unspecified atom stereocenters. The normalized spacial score (nSPS) is 10.9. The third-order valence-corrected chi connectivity index (χ3v) is 3.37. The van der Waals surface area contributed by atoms with Crippen LogP contribution in [0.4, 0.5) is 0 Å². The molecule has 1 aromatic carbocycles. The summed E-state index contributed by atoms with van der Waals surface area (Å²) in [5, 5.41) is 0. The van der Waals surface area contributed by atoms with Crippen molar-refractivity contribution in [2.75, 3.05) is 19.6 Å². The van der Waals surface area contributed by atoms with Crippen molar-refractivity contribution >= 4 is 13.5 Å². The average molecular weight is 226 g/mol. The fourth-order valence-electron chi connectivity index (χ4n) is 1.98. The van der Waals surface area contributed by atoms with E-state index in [2.05, 4.69) is 51.1 Å². The number of hydrogen-bond acceptors (Lipinski definition) is 0. The van der Waals surface area contributed by atoms with Gasteiger partial charge in [-0.15, -0.1) is 0 Å². The van der Waals surface area contributed by atoms with Crippen molar-refractivity contribution in [2.45, 2.75) is 27.3 Å². The van der Waals surface area contributed by atoms with Crippen LogP contribution >= 0.6 is 13.5 Å². The van der Waals surface area contributed by atoms with Crippen LogP contribution in [0.2, 0.25) is 0 Å². The average Bonchev–Trinajstić information content (AvgIpc) is 2.28. The van der Waals surface area contributed by atoms with Crippen LogP contribution in [-0.2, 0) is 6.54 Å². The van der Waals surface area contributed by atoms with Crippen LogP contribution in [-0.4, -0.2) is 24.1 Å². The van der Waals surface area contributed by atoms with Crippen LogP contribution in [0.1, 0.15) is 26.3 Å². The minimum Gasteiger partial charge on any atom is -0.321 e. The fourth-order valence-corrected chi connectivity index (χ4v) is 1.98. The quantitative estimate of drug-likeness (QED) is 0.677. The van der Waals surface area contributed by atoms with Crippen LogP contribution < -0.4 is 0 Å². The highest BCUT2D eigenvalue weighted by Gasteiger charge is 2.20. The Morgan fingerprint density at radius 3 is 1.73 bits per heavy atom. The molecule has 0 aliphatic heterocycles. The molecule has 0 heterocycles. The maximum Gasteiger partial charge on any atom is 0.104 e. The molecule has 0 aromatic heterocycles. The van der Waals surface area contributed by atoms with E-state index >= 15 is 0 Å². The third kappa shape index (κ3) is 3.88. The Labute approximate surface area is 101 Å². The summed E-state index contributed by atoms with van der Waals surface area (Å²) in [6, 6.07) is 10.8. The first kappa shape index (κ1) is 14.5. The van der Waals surface area contributed by atoms with Crippen LogP contribution in [0.5, 0.6) is 0 Å². The molecule has 0 saturated carbocycles. The van der Waals surface area contributed by atoms with E-state index in [4.69, 9.17) is 0 Å². The monoisotopic (exact) mass is 226 g/mol. The van der Waals surface area contributed by atoms with E-state index in [0.717, 1.165) is 0 Å². The molecular formula is C13H24NS+. The van der Waals surface area contributed by atoms with Gasteiger partial charge < -0.3 is 4.48 Å². The van der Waals surface area contributed by atoms with Gasteiger partial charge in [0.05, 0.1) is 19.6 Å². The van der Waals surface area contributed by atoms with E-state index in [1.54, 1.807) is 0 Å². The molecule has 1 aromatic rings. The molecule has 86 valence electrons. The second kappa shape index (κ2) is 6.91. The summed E-state index contributed by atoms with van der Waals surface area (Å²) in [5.41, 5.74) is 1.46. The highest BCUT2D eigenvalue weighted by molar-refractivity contribution is 7.59. The Balaban J connectivity index is 0.00000196. The minimum absolute atomic E-state index is 0. The van der Waals surface area contributed by atoms with Gasteiger partial charge in [-0.1, -0.05) is 30.3 Å². The lowest BCUT2D eigenvalue weighted by atomic mass is 10.2. The second-order valence-corrected chi connectivity index (χ2v) is 3.93. The summed E-state index contributed by atoms with van der Waals surface area (Å²) in [6.07, 6.45) is 0. The molecule has 0 N–H and O–H groups in total. The summed E-state index contributed by atoms with van der Waals surface area (Å²) in [7, 11) is 0. The third-order valence-electron chi connectivity index (χ3n) is 3.37. The van der Waals surface area contributed by atoms with E-state index in [9.17, 15) is 0 Å². The van der Waals surface area contributed by atoms with Crippen LogP contribution in [0.3, 0.4) is 0 Å².